The van der Waals surface area contributed by atoms with E-state index >= 15 is 0 Å². The molecule has 3 nitrogen and oxygen atoms in total. The fourth-order valence-electron chi connectivity index (χ4n) is 2.58. The Morgan fingerprint density at radius 1 is 0.870 bits per heavy atom. The van der Waals surface area contributed by atoms with Gasteiger partial charge in [0.25, 0.3) is 0 Å². The second-order valence-corrected chi connectivity index (χ2v) is 6.43. The SMILES string of the molecule is CCCCCCCCCCCCC(O)CC#CCCCC(=O)O. The summed E-state index contributed by atoms with van der Waals surface area (Å²) in [6, 6.07) is 0. The van der Waals surface area contributed by atoms with Gasteiger partial charge in [-0.1, -0.05) is 71.1 Å². The van der Waals surface area contributed by atoms with Crippen molar-refractivity contribution in [2.24, 2.45) is 0 Å². The van der Waals surface area contributed by atoms with Crippen molar-refractivity contribution in [1.82, 2.24) is 0 Å². The monoisotopic (exact) mass is 324 g/mol. The summed E-state index contributed by atoms with van der Waals surface area (Å²) in [6.07, 6.45) is 15.5. The van der Waals surface area contributed by atoms with Crippen molar-refractivity contribution in [3.8, 4) is 11.8 Å². The van der Waals surface area contributed by atoms with Gasteiger partial charge in [-0.15, -0.1) is 11.8 Å². The van der Waals surface area contributed by atoms with Crippen molar-refractivity contribution in [2.75, 3.05) is 0 Å². The van der Waals surface area contributed by atoms with E-state index in [0.29, 0.717) is 19.3 Å². The molecule has 0 amide bonds. The zero-order valence-electron chi connectivity index (χ0n) is 15.0. The minimum Gasteiger partial charge on any atom is -0.481 e. The van der Waals surface area contributed by atoms with Gasteiger partial charge in [-0.05, 0) is 12.8 Å². The van der Waals surface area contributed by atoms with Gasteiger partial charge in [-0.2, -0.15) is 0 Å². The summed E-state index contributed by atoms with van der Waals surface area (Å²) in [6.45, 7) is 2.25. The number of unbranched alkanes of at least 4 members (excludes halogenated alkanes) is 10. The van der Waals surface area contributed by atoms with Crippen molar-refractivity contribution in [3.05, 3.63) is 0 Å². The molecule has 0 spiro atoms. The Labute approximate surface area is 142 Å². The van der Waals surface area contributed by atoms with Crippen molar-refractivity contribution >= 4 is 5.97 Å². The maximum absolute atomic E-state index is 10.3. The third-order valence-corrected chi connectivity index (χ3v) is 4.05. The van der Waals surface area contributed by atoms with Crippen LogP contribution < -0.4 is 0 Å². The summed E-state index contributed by atoms with van der Waals surface area (Å²) in [4.78, 5) is 10.3. The van der Waals surface area contributed by atoms with Gasteiger partial charge in [0.15, 0.2) is 0 Å². The highest BCUT2D eigenvalue weighted by Gasteiger charge is 2.01. The second-order valence-electron chi connectivity index (χ2n) is 6.43. The number of carbonyl (C=O) groups is 1. The second kappa shape index (κ2) is 17.3. The molecule has 0 aromatic carbocycles. The molecule has 0 aliphatic rings. The van der Waals surface area contributed by atoms with E-state index in [1.165, 1.54) is 57.8 Å². The Hall–Kier alpha value is -1.01. The van der Waals surface area contributed by atoms with Crippen molar-refractivity contribution in [2.45, 2.75) is 109 Å². The number of hydrogen-bond donors (Lipinski definition) is 2. The minimum absolute atomic E-state index is 0.176. The largest absolute Gasteiger partial charge is 0.481 e. The highest BCUT2D eigenvalue weighted by molar-refractivity contribution is 5.66. The molecule has 1 unspecified atom stereocenters. The van der Waals surface area contributed by atoms with Crippen LogP contribution in [-0.2, 0) is 4.79 Å². The van der Waals surface area contributed by atoms with E-state index in [0.717, 1.165) is 12.8 Å². The molecule has 0 rings (SSSR count). The molecule has 3 heteroatoms. The van der Waals surface area contributed by atoms with E-state index in [9.17, 15) is 9.90 Å². The molecule has 0 saturated heterocycles. The van der Waals surface area contributed by atoms with Gasteiger partial charge in [0.05, 0.1) is 6.10 Å². The fourth-order valence-corrected chi connectivity index (χ4v) is 2.58. The number of rotatable bonds is 15. The van der Waals surface area contributed by atoms with E-state index in [-0.39, 0.29) is 12.5 Å². The predicted molar refractivity (Wildman–Crippen MR) is 96.3 cm³/mol. The summed E-state index contributed by atoms with van der Waals surface area (Å²) < 4.78 is 0. The predicted octanol–water partition coefficient (Wildman–Crippen LogP) is 5.31. The lowest BCUT2D eigenvalue weighted by Gasteiger charge is -2.06. The average Bonchev–Trinajstić information content (AvgIpc) is 2.52. The quantitative estimate of drug-likeness (QED) is 0.317. The van der Waals surface area contributed by atoms with E-state index in [2.05, 4.69) is 18.8 Å². The Morgan fingerprint density at radius 3 is 2.00 bits per heavy atom. The molecular formula is C20H36O3. The van der Waals surface area contributed by atoms with Gasteiger partial charge < -0.3 is 10.2 Å². The normalized spacial score (nSPS) is 11.7. The lowest BCUT2D eigenvalue weighted by molar-refractivity contribution is -0.137. The summed E-state index contributed by atoms with van der Waals surface area (Å²) in [7, 11) is 0. The molecule has 1 atom stereocenters. The fraction of sp³-hybridized carbons (Fsp3) is 0.850. The smallest absolute Gasteiger partial charge is 0.303 e. The first kappa shape index (κ1) is 22.0. The van der Waals surface area contributed by atoms with Crippen LogP contribution >= 0.6 is 0 Å². The maximum Gasteiger partial charge on any atom is 0.303 e. The molecule has 0 aliphatic heterocycles. The van der Waals surface area contributed by atoms with Gasteiger partial charge in [0.1, 0.15) is 0 Å². The summed E-state index contributed by atoms with van der Waals surface area (Å²) >= 11 is 0. The molecule has 0 fully saturated rings. The Balaban J connectivity index is 3.28. The van der Waals surface area contributed by atoms with Crippen LogP contribution in [0.4, 0.5) is 0 Å². The highest BCUT2D eigenvalue weighted by atomic mass is 16.4. The molecule has 134 valence electrons. The summed E-state index contributed by atoms with van der Waals surface area (Å²) in [5.74, 6) is 5.12. The van der Waals surface area contributed by atoms with Gasteiger partial charge in [0, 0.05) is 19.3 Å². The van der Waals surface area contributed by atoms with Gasteiger partial charge in [-0.25, -0.2) is 0 Å². The molecule has 0 aliphatic carbocycles. The molecule has 0 saturated carbocycles. The third kappa shape index (κ3) is 18.9. The van der Waals surface area contributed by atoms with E-state index in [1.54, 1.807) is 0 Å². The number of aliphatic hydroxyl groups excluding tert-OH is 1. The number of hydrogen-bond acceptors (Lipinski definition) is 2. The molecular weight excluding hydrogens is 288 g/mol. The molecule has 0 bridgehead atoms. The van der Waals surface area contributed by atoms with Crippen LogP contribution in [0.3, 0.4) is 0 Å². The van der Waals surface area contributed by atoms with Gasteiger partial charge in [-0.3, -0.25) is 4.79 Å². The lowest BCUT2D eigenvalue weighted by atomic mass is 10.0. The highest BCUT2D eigenvalue weighted by Crippen LogP contribution is 2.12. The summed E-state index contributed by atoms with van der Waals surface area (Å²) in [5, 5.41) is 18.3. The standard InChI is InChI=1S/C20H36O3/c1-2-3-4-5-6-7-8-9-10-13-16-19(21)17-14-11-12-15-18-20(22)23/h19,21H,2-10,12-13,15-18H2,1H3,(H,22,23). The first-order chi connectivity index (χ1) is 11.2. The molecule has 23 heavy (non-hydrogen) atoms. The van der Waals surface area contributed by atoms with Crippen LogP contribution in [-0.4, -0.2) is 22.3 Å². The first-order valence-electron chi connectivity index (χ1n) is 9.52. The minimum atomic E-state index is -0.771. The molecule has 0 aromatic heterocycles. The Morgan fingerprint density at radius 2 is 1.43 bits per heavy atom. The van der Waals surface area contributed by atoms with E-state index in [4.69, 9.17) is 5.11 Å². The molecule has 2 N–H and O–H groups in total. The van der Waals surface area contributed by atoms with E-state index < -0.39 is 5.97 Å². The Kier molecular flexibility index (Phi) is 16.6. The molecule has 0 heterocycles. The molecule has 0 aromatic rings. The maximum atomic E-state index is 10.3. The van der Waals surface area contributed by atoms with Crippen LogP contribution in [0.15, 0.2) is 0 Å². The number of carboxylic acids is 1. The lowest BCUT2D eigenvalue weighted by Crippen LogP contribution is -2.04. The van der Waals surface area contributed by atoms with Crippen molar-refractivity contribution in [1.29, 1.82) is 0 Å². The van der Waals surface area contributed by atoms with Crippen molar-refractivity contribution in [3.63, 3.8) is 0 Å². The first-order valence-corrected chi connectivity index (χ1v) is 9.52. The third-order valence-electron chi connectivity index (χ3n) is 4.05. The van der Waals surface area contributed by atoms with Crippen LogP contribution in [0.1, 0.15) is 103 Å². The van der Waals surface area contributed by atoms with E-state index in [1.807, 2.05) is 0 Å². The number of carboxylic acid groups (broad SMARTS) is 1. The number of aliphatic carboxylic acids is 1. The molecule has 0 radical (unpaired) electrons. The van der Waals surface area contributed by atoms with Gasteiger partial charge in [0.2, 0.25) is 0 Å². The van der Waals surface area contributed by atoms with Crippen molar-refractivity contribution < 1.29 is 15.0 Å². The summed E-state index contributed by atoms with van der Waals surface area (Å²) in [5.41, 5.74) is 0. The van der Waals surface area contributed by atoms with Crippen LogP contribution in [0.5, 0.6) is 0 Å². The van der Waals surface area contributed by atoms with Gasteiger partial charge >= 0.3 is 5.97 Å². The van der Waals surface area contributed by atoms with Crippen LogP contribution in [0.2, 0.25) is 0 Å². The van der Waals surface area contributed by atoms with Crippen LogP contribution in [0, 0.1) is 11.8 Å². The zero-order valence-corrected chi connectivity index (χ0v) is 15.0. The average molecular weight is 325 g/mol. The van der Waals surface area contributed by atoms with Crippen LogP contribution in [0.25, 0.3) is 0 Å². The zero-order chi connectivity index (χ0) is 17.2. The topological polar surface area (TPSA) is 57.5 Å². The Bertz CT molecular complexity index is 328. The number of aliphatic hydroxyl groups is 1.